The normalized spacial score (nSPS) is 11.3. The van der Waals surface area contributed by atoms with Crippen molar-refractivity contribution in [2.24, 2.45) is 0 Å². The molecule has 0 saturated carbocycles. The van der Waals surface area contributed by atoms with Gasteiger partial charge in [-0.15, -0.1) is 0 Å². The molecule has 0 heterocycles. The Morgan fingerprint density at radius 2 is 1.92 bits per heavy atom. The topological polar surface area (TPSA) is 37.3 Å². The maximum absolute atomic E-state index is 12.0. The van der Waals surface area contributed by atoms with Gasteiger partial charge in [0.15, 0.2) is 6.29 Å². The standard InChI is InChI=1S/C8H5F3O2/c9-8(10,11)6-2-1-5(4-12)7(13)3-6/h1-4,13H. The molecule has 0 saturated heterocycles. The molecular weight excluding hydrogens is 185 g/mol. The van der Waals surface area contributed by atoms with Crippen molar-refractivity contribution < 1.29 is 23.1 Å². The molecule has 0 radical (unpaired) electrons. The lowest BCUT2D eigenvalue weighted by atomic mass is 10.1. The highest BCUT2D eigenvalue weighted by atomic mass is 19.4. The predicted molar refractivity (Wildman–Crippen MR) is 38.5 cm³/mol. The number of halogens is 3. The van der Waals surface area contributed by atoms with E-state index in [4.69, 9.17) is 5.11 Å². The van der Waals surface area contributed by atoms with Crippen molar-refractivity contribution in [3.05, 3.63) is 29.3 Å². The number of alkyl halides is 3. The SMILES string of the molecule is O=Cc1ccc(C(F)(F)F)cc1O. The lowest BCUT2D eigenvalue weighted by Gasteiger charge is -2.06. The summed E-state index contributed by atoms with van der Waals surface area (Å²) in [5.41, 5.74) is -1.14. The molecule has 70 valence electrons. The number of carbonyl (C=O) groups is 1. The minimum Gasteiger partial charge on any atom is -0.507 e. The predicted octanol–water partition coefficient (Wildman–Crippen LogP) is 2.22. The zero-order valence-electron chi connectivity index (χ0n) is 6.30. The molecule has 0 aliphatic heterocycles. The van der Waals surface area contributed by atoms with Gasteiger partial charge in [0.05, 0.1) is 11.1 Å². The van der Waals surface area contributed by atoms with Crippen molar-refractivity contribution in [1.82, 2.24) is 0 Å². The molecule has 13 heavy (non-hydrogen) atoms. The van der Waals surface area contributed by atoms with E-state index in [0.29, 0.717) is 6.07 Å². The summed E-state index contributed by atoms with van der Waals surface area (Å²) < 4.78 is 36.0. The lowest BCUT2D eigenvalue weighted by Crippen LogP contribution is -2.04. The van der Waals surface area contributed by atoms with Gasteiger partial charge in [-0.2, -0.15) is 13.2 Å². The summed E-state index contributed by atoms with van der Waals surface area (Å²) in [5, 5.41) is 8.92. The van der Waals surface area contributed by atoms with Gasteiger partial charge >= 0.3 is 6.18 Å². The fourth-order valence-electron chi connectivity index (χ4n) is 0.820. The highest BCUT2D eigenvalue weighted by Gasteiger charge is 2.30. The quantitative estimate of drug-likeness (QED) is 0.689. The minimum atomic E-state index is -4.50. The first kappa shape index (κ1) is 9.57. The van der Waals surface area contributed by atoms with Gasteiger partial charge in [0.1, 0.15) is 5.75 Å². The highest BCUT2D eigenvalue weighted by molar-refractivity contribution is 5.79. The van der Waals surface area contributed by atoms with E-state index in [1.807, 2.05) is 0 Å². The van der Waals surface area contributed by atoms with Gasteiger partial charge in [-0.1, -0.05) is 0 Å². The molecule has 0 bridgehead atoms. The van der Waals surface area contributed by atoms with Crippen LogP contribution in [0.4, 0.5) is 13.2 Å². The van der Waals surface area contributed by atoms with E-state index >= 15 is 0 Å². The van der Waals surface area contributed by atoms with Crippen LogP contribution in [0.1, 0.15) is 15.9 Å². The first-order valence-corrected chi connectivity index (χ1v) is 3.30. The Hall–Kier alpha value is -1.52. The third-order valence-electron chi connectivity index (χ3n) is 1.48. The maximum atomic E-state index is 12.0. The van der Waals surface area contributed by atoms with Gasteiger partial charge in [-0.25, -0.2) is 0 Å². The Labute approximate surface area is 71.6 Å². The van der Waals surface area contributed by atoms with Crippen LogP contribution in [-0.2, 0) is 6.18 Å². The molecule has 0 atom stereocenters. The molecule has 1 N–H and O–H groups in total. The van der Waals surface area contributed by atoms with Crippen LogP contribution in [0.2, 0.25) is 0 Å². The third kappa shape index (κ3) is 1.99. The number of carbonyl (C=O) groups excluding carboxylic acids is 1. The van der Waals surface area contributed by atoms with Crippen LogP contribution in [0.5, 0.6) is 5.75 Å². The second kappa shape index (κ2) is 3.08. The van der Waals surface area contributed by atoms with Crippen molar-refractivity contribution in [3.63, 3.8) is 0 Å². The van der Waals surface area contributed by atoms with Crippen molar-refractivity contribution in [2.45, 2.75) is 6.18 Å². The number of aldehydes is 1. The molecule has 5 heteroatoms. The van der Waals surface area contributed by atoms with Gasteiger partial charge in [0.2, 0.25) is 0 Å². The Morgan fingerprint density at radius 1 is 1.31 bits per heavy atom. The summed E-state index contributed by atoms with van der Waals surface area (Å²) in [7, 11) is 0. The van der Waals surface area contributed by atoms with Crippen LogP contribution in [0.3, 0.4) is 0 Å². The molecule has 0 fully saturated rings. The fraction of sp³-hybridized carbons (Fsp3) is 0.125. The van der Waals surface area contributed by atoms with Crippen LogP contribution in [0, 0.1) is 0 Å². The molecule has 0 unspecified atom stereocenters. The summed E-state index contributed by atoms with van der Waals surface area (Å²) in [6, 6.07) is 2.18. The van der Waals surface area contributed by atoms with E-state index in [9.17, 15) is 18.0 Å². The molecule has 0 aliphatic rings. The van der Waals surface area contributed by atoms with Crippen LogP contribution in [0.25, 0.3) is 0 Å². The van der Waals surface area contributed by atoms with E-state index < -0.39 is 17.5 Å². The van der Waals surface area contributed by atoms with Gasteiger partial charge < -0.3 is 5.11 Å². The zero-order valence-corrected chi connectivity index (χ0v) is 6.30. The van der Waals surface area contributed by atoms with Crippen LogP contribution < -0.4 is 0 Å². The average molecular weight is 190 g/mol. The van der Waals surface area contributed by atoms with Crippen molar-refractivity contribution in [3.8, 4) is 5.75 Å². The maximum Gasteiger partial charge on any atom is 0.416 e. The number of rotatable bonds is 1. The number of phenolic OH excluding ortho intramolecular Hbond substituents is 1. The van der Waals surface area contributed by atoms with Crippen LogP contribution in [0.15, 0.2) is 18.2 Å². The van der Waals surface area contributed by atoms with E-state index in [0.717, 1.165) is 12.1 Å². The Bertz CT molecular complexity index is 331. The van der Waals surface area contributed by atoms with Gasteiger partial charge in [0.25, 0.3) is 0 Å². The summed E-state index contributed by atoms with van der Waals surface area (Å²) in [6.07, 6.45) is -4.21. The summed E-state index contributed by atoms with van der Waals surface area (Å²) in [5.74, 6) is -0.662. The Morgan fingerprint density at radius 3 is 2.31 bits per heavy atom. The van der Waals surface area contributed by atoms with Gasteiger partial charge in [0, 0.05) is 0 Å². The van der Waals surface area contributed by atoms with E-state index in [-0.39, 0.29) is 11.8 Å². The van der Waals surface area contributed by atoms with E-state index in [2.05, 4.69) is 0 Å². The second-order valence-corrected chi connectivity index (χ2v) is 2.39. The molecule has 1 rings (SSSR count). The number of aromatic hydroxyl groups is 1. The molecule has 2 nitrogen and oxygen atoms in total. The van der Waals surface area contributed by atoms with Crippen molar-refractivity contribution in [2.75, 3.05) is 0 Å². The number of hydrogen-bond donors (Lipinski definition) is 1. The minimum absolute atomic E-state index is 0.159. The smallest absolute Gasteiger partial charge is 0.416 e. The number of phenols is 1. The monoisotopic (exact) mass is 190 g/mol. The van der Waals surface area contributed by atoms with E-state index in [1.165, 1.54) is 0 Å². The zero-order chi connectivity index (χ0) is 10.1. The number of benzene rings is 1. The third-order valence-corrected chi connectivity index (χ3v) is 1.48. The molecule has 1 aromatic rings. The first-order chi connectivity index (χ1) is 5.95. The lowest BCUT2D eigenvalue weighted by molar-refractivity contribution is -0.137. The second-order valence-electron chi connectivity index (χ2n) is 2.39. The number of hydrogen-bond acceptors (Lipinski definition) is 2. The van der Waals surface area contributed by atoms with Crippen molar-refractivity contribution in [1.29, 1.82) is 0 Å². The average Bonchev–Trinajstić information content (AvgIpc) is 2.02. The van der Waals surface area contributed by atoms with Crippen molar-refractivity contribution >= 4 is 6.29 Å². The Balaban J connectivity index is 3.17. The molecule has 0 spiro atoms. The van der Waals surface area contributed by atoms with Crippen LogP contribution in [-0.4, -0.2) is 11.4 Å². The van der Waals surface area contributed by atoms with E-state index in [1.54, 1.807) is 0 Å². The van der Waals surface area contributed by atoms with Gasteiger partial charge in [-0.3, -0.25) is 4.79 Å². The van der Waals surface area contributed by atoms with Crippen LogP contribution >= 0.6 is 0 Å². The first-order valence-electron chi connectivity index (χ1n) is 3.30. The molecule has 1 aromatic carbocycles. The Kier molecular flexibility index (Phi) is 2.27. The van der Waals surface area contributed by atoms with Gasteiger partial charge in [-0.05, 0) is 18.2 Å². The summed E-state index contributed by atoms with van der Waals surface area (Å²) in [6.45, 7) is 0. The molecule has 0 aliphatic carbocycles. The summed E-state index contributed by atoms with van der Waals surface area (Å²) >= 11 is 0. The highest BCUT2D eigenvalue weighted by Crippen LogP contribution is 2.32. The molecular formula is C8H5F3O2. The molecule has 0 aromatic heterocycles. The molecule has 0 amide bonds. The summed E-state index contributed by atoms with van der Waals surface area (Å²) in [4.78, 5) is 10.1. The fourth-order valence-corrected chi connectivity index (χ4v) is 0.820. The largest absolute Gasteiger partial charge is 0.507 e.